The van der Waals surface area contributed by atoms with Crippen LogP contribution in [-0.4, -0.2) is 68.1 Å². The molecule has 0 aliphatic carbocycles. The van der Waals surface area contributed by atoms with E-state index in [0.717, 1.165) is 30.9 Å². The van der Waals surface area contributed by atoms with E-state index in [1.165, 1.54) is 23.1 Å². The molecule has 0 bridgehead atoms. The van der Waals surface area contributed by atoms with Crippen molar-refractivity contribution in [1.82, 2.24) is 19.8 Å². The number of carbonyl (C=O) groups is 2. The van der Waals surface area contributed by atoms with E-state index in [9.17, 15) is 33.0 Å². The van der Waals surface area contributed by atoms with Crippen molar-refractivity contribution in [2.24, 2.45) is 7.05 Å². The molecule has 1 aromatic heterocycles. The molecule has 1 saturated heterocycles. The maximum atomic E-state index is 12.9. The van der Waals surface area contributed by atoms with Gasteiger partial charge in [-0.05, 0) is 56.4 Å². The fraction of sp³-hybridized carbons (Fsp3) is 0.414. The van der Waals surface area contributed by atoms with Gasteiger partial charge in [0.1, 0.15) is 11.6 Å². The van der Waals surface area contributed by atoms with Gasteiger partial charge in [0.15, 0.2) is 6.10 Å². The van der Waals surface area contributed by atoms with Crippen molar-refractivity contribution >= 4 is 23.6 Å². The number of carboxylic acid groups (broad SMARTS) is 1. The fourth-order valence-corrected chi connectivity index (χ4v) is 5.16. The van der Waals surface area contributed by atoms with Crippen molar-refractivity contribution in [3.8, 4) is 17.0 Å². The van der Waals surface area contributed by atoms with Crippen LogP contribution in [0.15, 0.2) is 48.7 Å². The Balaban J connectivity index is 1.41. The minimum atomic E-state index is -4.56. The van der Waals surface area contributed by atoms with Crippen LogP contribution >= 0.6 is 11.6 Å². The van der Waals surface area contributed by atoms with Crippen molar-refractivity contribution in [1.29, 1.82) is 0 Å². The maximum absolute atomic E-state index is 12.9. The summed E-state index contributed by atoms with van der Waals surface area (Å²) in [6.07, 6.45) is -3.53. The molecule has 0 radical (unpaired) electrons. The van der Waals surface area contributed by atoms with Gasteiger partial charge in [-0.3, -0.25) is 9.69 Å². The normalized spacial score (nSPS) is 16.7. The van der Waals surface area contributed by atoms with Crippen molar-refractivity contribution < 1.29 is 37.7 Å². The number of ether oxygens (including phenoxy) is 1. The van der Waals surface area contributed by atoms with E-state index in [0.29, 0.717) is 24.5 Å². The predicted octanol–water partition coefficient (Wildman–Crippen LogP) is 5.61. The number of imidazole rings is 1. The zero-order valence-electron chi connectivity index (χ0n) is 23.1. The third-order valence-electron chi connectivity index (χ3n) is 7.21. The number of benzene rings is 2. The lowest BCUT2D eigenvalue weighted by Crippen LogP contribution is -2.37. The van der Waals surface area contributed by atoms with Crippen molar-refractivity contribution in [3.05, 3.63) is 70.6 Å². The number of carbonyl (C=O) groups excluding carboxylic acids is 1. The van der Waals surface area contributed by atoms with Gasteiger partial charge in [-0.1, -0.05) is 35.9 Å². The lowest BCUT2D eigenvalue weighted by Gasteiger charge is -2.20. The van der Waals surface area contributed by atoms with Crippen LogP contribution in [0.2, 0.25) is 5.02 Å². The number of hydrogen-bond donors (Lipinski definition) is 3. The van der Waals surface area contributed by atoms with Gasteiger partial charge < -0.3 is 24.8 Å². The zero-order chi connectivity index (χ0) is 30.6. The molecule has 13 heteroatoms. The summed E-state index contributed by atoms with van der Waals surface area (Å²) in [6, 6.07) is 10.6. The summed E-state index contributed by atoms with van der Waals surface area (Å²) in [5, 5.41) is 21.8. The molecule has 0 spiro atoms. The van der Waals surface area contributed by atoms with Crippen LogP contribution in [0.4, 0.5) is 18.0 Å². The van der Waals surface area contributed by atoms with E-state index in [-0.39, 0.29) is 35.4 Å². The second kappa shape index (κ2) is 13.0. The minimum absolute atomic E-state index is 0.130. The average Bonchev–Trinajstić information content (AvgIpc) is 3.56. The summed E-state index contributed by atoms with van der Waals surface area (Å²) < 4.78 is 45.2. The highest BCUT2D eigenvalue weighted by molar-refractivity contribution is 6.32. The van der Waals surface area contributed by atoms with Gasteiger partial charge in [-0.15, -0.1) is 0 Å². The maximum Gasteiger partial charge on any atom is 0.425 e. The second-order valence-corrected chi connectivity index (χ2v) is 10.7. The summed E-state index contributed by atoms with van der Waals surface area (Å²) in [5.74, 6) is 0.00695. The van der Waals surface area contributed by atoms with Crippen LogP contribution in [-0.2, 0) is 13.5 Å². The van der Waals surface area contributed by atoms with E-state index in [1.54, 1.807) is 0 Å². The number of aromatic nitrogens is 2. The molecular weight excluding hydrogens is 577 g/mol. The van der Waals surface area contributed by atoms with Gasteiger partial charge in [0.05, 0.1) is 16.8 Å². The number of hydrogen-bond acceptors (Lipinski definition) is 5. The molecule has 0 saturated carbocycles. The van der Waals surface area contributed by atoms with Crippen molar-refractivity contribution in [2.75, 3.05) is 13.2 Å². The number of nitrogens with one attached hydrogen (secondary N) is 1. The van der Waals surface area contributed by atoms with Crippen molar-refractivity contribution in [3.63, 3.8) is 0 Å². The Bertz CT molecular complexity index is 1410. The Morgan fingerprint density at radius 3 is 2.55 bits per heavy atom. The summed E-state index contributed by atoms with van der Waals surface area (Å²) >= 11 is 6.08. The highest BCUT2D eigenvalue weighted by Crippen LogP contribution is 2.33. The molecule has 3 aromatic rings. The largest absolute Gasteiger partial charge is 0.480 e. The standard InChI is InChI=1S/C29H32ClF3N4O5/c1-17(29(31,32)33)42-25-10-9-20(15-22(25)30)27(39)34-21(11-13-38)14-18-5-7-19(8-6-18)23-16-36(2)26(35-23)24-4-3-12-37(24)28(40)41/h5-10,15-17,21,24,38H,3-4,11-14H2,1-2H3,(H,34,39)(H,40,41)/t17-,21-,24-/m1/s1. The van der Waals surface area contributed by atoms with E-state index in [1.807, 2.05) is 42.1 Å². The van der Waals surface area contributed by atoms with Crippen molar-refractivity contribution in [2.45, 2.75) is 57.0 Å². The molecule has 4 rings (SSSR count). The van der Waals surface area contributed by atoms with Crippen LogP contribution in [0.3, 0.4) is 0 Å². The summed E-state index contributed by atoms with van der Waals surface area (Å²) in [5.41, 5.74) is 2.59. The van der Waals surface area contributed by atoms with E-state index < -0.39 is 30.3 Å². The number of aliphatic hydroxyl groups excluding tert-OH is 1. The predicted molar refractivity (Wildman–Crippen MR) is 150 cm³/mol. The smallest absolute Gasteiger partial charge is 0.425 e. The Hall–Kier alpha value is -3.77. The molecule has 9 nitrogen and oxygen atoms in total. The molecule has 42 heavy (non-hydrogen) atoms. The highest BCUT2D eigenvalue weighted by Gasteiger charge is 2.38. The minimum Gasteiger partial charge on any atom is -0.480 e. The molecule has 2 aromatic carbocycles. The summed E-state index contributed by atoms with van der Waals surface area (Å²) in [7, 11) is 1.84. The second-order valence-electron chi connectivity index (χ2n) is 10.3. The van der Waals surface area contributed by atoms with Crippen LogP contribution in [0.1, 0.15) is 54.0 Å². The molecule has 2 heterocycles. The number of likely N-dealkylation sites (tertiary alicyclic amines) is 1. The molecule has 1 aliphatic rings. The van der Waals surface area contributed by atoms with Gasteiger partial charge in [-0.2, -0.15) is 13.2 Å². The Kier molecular flexibility index (Phi) is 9.67. The number of amides is 2. The summed E-state index contributed by atoms with van der Waals surface area (Å²) in [6.45, 7) is 1.18. The first kappa shape index (κ1) is 31.2. The lowest BCUT2D eigenvalue weighted by molar-refractivity contribution is -0.189. The van der Waals surface area contributed by atoms with Crippen LogP contribution < -0.4 is 10.1 Å². The molecule has 0 unspecified atom stereocenters. The number of rotatable bonds is 10. The molecular formula is C29H32ClF3N4O5. The van der Waals surface area contributed by atoms with Crippen LogP contribution in [0.5, 0.6) is 5.75 Å². The number of aliphatic hydroxyl groups is 1. The first-order valence-electron chi connectivity index (χ1n) is 13.4. The van der Waals surface area contributed by atoms with Gasteiger partial charge in [0.25, 0.3) is 5.91 Å². The average molecular weight is 609 g/mol. The molecule has 1 fully saturated rings. The van der Waals surface area contributed by atoms with Crippen LogP contribution in [0, 0.1) is 0 Å². The molecule has 226 valence electrons. The zero-order valence-corrected chi connectivity index (χ0v) is 23.8. The quantitative estimate of drug-likeness (QED) is 0.276. The number of nitrogens with zero attached hydrogens (tertiary/aromatic N) is 3. The topological polar surface area (TPSA) is 117 Å². The van der Waals surface area contributed by atoms with E-state index in [4.69, 9.17) is 21.3 Å². The van der Waals surface area contributed by atoms with E-state index >= 15 is 0 Å². The first-order chi connectivity index (χ1) is 19.9. The highest BCUT2D eigenvalue weighted by atomic mass is 35.5. The number of aryl methyl sites for hydroxylation is 1. The molecule has 3 atom stereocenters. The van der Waals surface area contributed by atoms with Gasteiger partial charge in [-0.25, -0.2) is 9.78 Å². The lowest BCUT2D eigenvalue weighted by atomic mass is 10.0. The first-order valence-corrected chi connectivity index (χ1v) is 13.8. The Morgan fingerprint density at radius 2 is 1.93 bits per heavy atom. The summed E-state index contributed by atoms with van der Waals surface area (Å²) in [4.78, 5) is 30.6. The third-order valence-corrected chi connectivity index (χ3v) is 7.51. The SMILES string of the molecule is C[C@@H](Oc1ccc(C(=O)N[C@H](CCO)Cc2ccc(-c3cn(C)c([C@H]4CCCN4C(=O)O)n3)cc2)cc1Cl)C(F)(F)F. The third kappa shape index (κ3) is 7.35. The van der Waals surface area contributed by atoms with Gasteiger partial charge in [0.2, 0.25) is 0 Å². The molecule has 3 N–H and O–H groups in total. The fourth-order valence-electron chi connectivity index (χ4n) is 4.93. The van der Waals surface area contributed by atoms with Gasteiger partial charge >= 0.3 is 12.3 Å². The number of halogens is 4. The Morgan fingerprint density at radius 1 is 1.21 bits per heavy atom. The Labute approximate surface area is 245 Å². The molecule has 2 amide bonds. The monoisotopic (exact) mass is 608 g/mol. The van der Waals surface area contributed by atoms with Crippen LogP contribution in [0.25, 0.3) is 11.3 Å². The van der Waals surface area contributed by atoms with E-state index in [2.05, 4.69) is 5.32 Å². The number of alkyl halides is 3. The van der Waals surface area contributed by atoms with Gasteiger partial charge in [0, 0.05) is 43.6 Å². The molecule has 1 aliphatic heterocycles.